The van der Waals surface area contributed by atoms with Gasteiger partial charge in [0, 0.05) is 32.0 Å². The fourth-order valence-electron chi connectivity index (χ4n) is 5.37. The van der Waals surface area contributed by atoms with Crippen LogP contribution in [0, 0.1) is 26.0 Å². The molecule has 2 heterocycles. The summed E-state index contributed by atoms with van der Waals surface area (Å²) in [6.07, 6.45) is 1.84. The molecule has 2 aromatic heterocycles. The molecule has 5 aromatic rings. The summed E-state index contributed by atoms with van der Waals surface area (Å²) < 4.78 is 0. The summed E-state index contributed by atoms with van der Waals surface area (Å²) in [7, 11) is 0. The predicted molar refractivity (Wildman–Crippen MR) is 158 cm³/mol. The molecule has 3 aromatic carbocycles. The van der Waals surface area contributed by atoms with Crippen molar-refractivity contribution < 1.29 is 20.1 Å². The third kappa shape index (κ3) is 5.53. The van der Waals surface area contributed by atoms with Crippen molar-refractivity contribution in [2.45, 2.75) is 52.4 Å². The molecule has 0 spiro atoms. The number of aryl methyl sites for hydroxylation is 2. The second kappa shape index (κ2) is 11.4. The molecule has 199 valence electrons. The van der Waals surface area contributed by atoms with Gasteiger partial charge in [0.25, 0.3) is 0 Å². The molecule has 0 amide bonds. The van der Waals surface area contributed by atoms with E-state index in [1.54, 1.807) is 0 Å². The Kier molecular flexibility index (Phi) is 8.35. The Labute approximate surface area is 246 Å². The van der Waals surface area contributed by atoms with E-state index in [0.717, 1.165) is 28.2 Å². The zero-order valence-corrected chi connectivity index (χ0v) is 25.9. The van der Waals surface area contributed by atoms with Crippen LogP contribution >= 0.6 is 0 Å². The van der Waals surface area contributed by atoms with Crippen LogP contribution in [0.2, 0.25) is 0 Å². The number of rotatable bonds is 2. The van der Waals surface area contributed by atoms with Gasteiger partial charge in [0.1, 0.15) is 0 Å². The van der Waals surface area contributed by atoms with Crippen molar-refractivity contribution in [3.63, 3.8) is 0 Å². The zero-order chi connectivity index (χ0) is 26.9. The molecule has 1 radical (unpaired) electrons. The average molecular weight is 687 g/mol. The first-order valence-electron chi connectivity index (χ1n) is 13.2. The van der Waals surface area contributed by atoms with Crippen LogP contribution in [0.4, 0.5) is 0 Å². The largest absolute Gasteiger partial charge is 0.305 e. The Morgan fingerprint density at radius 2 is 1.36 bits per heavy atom. The maximum atomic E-state index is 4.49. The van der Waals surface area contributed by atoms with Gasteiger partial charge in [0.05, 0.1) is 0 Å². The fraction of sp³-hybridized carbons (Fsp3) is 0.222. The molecule has 1 aliphatic rings. The first-order valence-corrected chi connectivity index (χ1v) is 13.2. The van der Waals surface area contributed by atoms with Crippen LogP contribution in [0.25, 0.3) is 33.6 Å². The number of aromatic nitrogens is 2. The molecule has 0 atom stereocenters. The van der Waals surface area contributed by atoms with Crippen LogP contribution in [0.3, 0.4) is 0 Å². The summed E-state index contributed by atoms with van der Waals surface area (Å²) in [5, 5.41) is 0. The monoisotopic (exact) mass is 687 g/mol. The molecular weight excluding hydrogens is 653 g/mol. The van der Waals surface area contributed by atoms with E-state index in [-0.39, 0.29) is 30.9 Å². The SMILES string of the molecule is CC1(C)c2c[c-]c(-c3ccccn3)cc2-c2ccccc2C1(C)C.Cc1cc(C)nc(-c2[c-]cccc2)c1.[Ir]. The third-order valence-corrected chi connectivity index (χ3v) is 8.10. The summed E-state index contributed by atoms with van der Waals surface area (Å²) in [5.74, 6) is 0. The van der Waals surface area contributed by atoms with E-state index >= 15 is 0 Å². The normalized spacial score (nSPS) is 14.1. The Bertz CT molecular complexity index is 1550. The van der Waals surface area contributed by atoms with E-state index in [4.69, 9.17) is 0 Å². The van der Waals surface area contributed by atoms with Gasteiger partial charge in [-0.2, -0.15) is 0 Å². The average Bonchev–Trinajstić information content (AvgIpc) is 2.93. The van der Waals surface area contributed by atoms with E-state index in [0.29, 0.717) is 0 Å². The van der Waals surface area contributed by atoms with Crippen molar-refractivity contribution in [3.05, 3.63) is 132 Å². The second-order valence-electron chi connectivity index (χ2n) is 11.1. The molecule has 2 nitrogen and oxygen atoms in total. The van der Waals surface area contributed by atoms with E-state index in [2.05, 4.69) is 105 Å². The molecule has 1 aliphatic carbocycles. The molecule has 0 fully saturated rings. The summed E-state index contributed by atoms with van der Waals surface area (Å²) >= 11 is 0. The number of pyridine rings is 2. The summed E-state index contributed by atoms with van der Waals surface area (Å²) in [6, 6.07) is 38.0. The van der Waals surface area contributed by atoms with E-state index in [9.17, 15) is 0 Å². The van der Waals surface area contributed by atoms with Crippen molar-refractivity contribution in [3.8, 4) is 33.6 Å². The van der Waals surface area contributed by atoms with Gasteiger partial charge in [-0.05, 0) is 59.3 Å². The number of nitrogens with zero attached hydrogens (tertiary/aromatic N) is 2. The van der Waals surface area contributed by atoms with Crippen LogP contribution in [0.5, 0.6) is 0 Å². The van der Waals surface area contributed by atoms with Crippen molar-refractivity contribution >= 4 is 0 Å². The van der Waals surface area contributed by atoms with Crippen molar-refractivity contribution in [2.75, 3.05) is 0 Å². The molecule has 3 heteroatoms. The van der Waals surface area contributed by atoms with Gasteiger partial charge in [-0.3, -0.25) is 0 Å². The van der Waals surface area contributed by atoms with Gasteiger partial charge < -0.3 is 9.97 Å². The van der Waals surface area contributed by atoms with Crippen LogP contribution in [0.1, 0.15) is 50.1 Å². The molecule has 0 unspecified atom stereocenters. The predicted octanol–water partition coefficient (Wildman–Crippen LogP) is 8.95. The molecule has 0 N–H and O–H groups in total. The smallest absolute Gasteiger partial charge is 0.0268 e. The zero-order valence-electron chi connectivity index (χ0n) is 23.5. The van der Waals surface area contributed by atoms with Crippen molar-refractivity contribution in [1.82, 2.24) is 9.97 Å². The van der Waals surface area contributed by atoms with Gasteiger partial charge in [-0.15, -0.1) is 65.2 Å². The Balaban J connectivity index is 0.000000202. The summed E-state index contributed by atoms with van der Waals surface area (Å²) in [6.45, 7) is 13.5. The molecular formula is C36H34IrN2-2. The van der Waals surface area contributed by atoms with E-state index < -0.39 is 0 Å². The van der Waals surface area contributed by atoms with Crippen LogP contribution < -0.4 is 0 Å². The topological polar surface area (TPSA) is 25.8 Å². The number of fused-ring (bicyclic) bond motifs is 3. The van der Waals surface area contributed by atoms with Crippen LogP contribution in [0.15, 0.2) is 97.2 Å². The fourth-order valence-corrected chi connectivity index (χ4v) is 5.37. The number of hydrogen-bond donors (Lipinski definition) is 0. The molecule has 6 rings (SSSR count). The Morgan fingerprint density at radius 1 is 0.641 bits per heavy atom. The maximum absolute atomic E-state index is 4.49. The minimum Gasteiger partial charge on any atom is -0.305 e. The first-order chi connectivity index (χ1) is 18.2. The standard InChI is InChI=1S/C23H22N.C13H12N.Ir/c1-22(2)19-10-6-5-9-17(19)18-15-16(21-11-7-8-14-24-21)12-13-20(18)23(22,3)4;1-10-8-11(2)14-13(9-10)12-6-4-3-5-7-12;/h5-11,13-15H,1-4H3;3-6,8-9H,1-2H3;/q2*-1;. The van der Waals surface area contributed by atoms with Gasteiger partial charge in [-0.1, -0.05) is 81.3 Å². The number of hydrogen-bond acceptors (Lipinski definition) is 2. The Morgan fingerprint density at radius 3 is 2.05 bits per heavy atom. The minimum atomic E-state index is 0. The van der Waals surface area contributed by atoms with E-state index in [1.165, 1.54) is 27.8 Å². The molecule has 0 saturated heterocycles. The third-order valence-electron chi connectivity index (χ3n) is 8.10. The molecule has 0 aliphatic heterocycles. The molecule has 39 heavy (non-hydrogen) atoms. The summed E-state index contributed by atoms with van der Waals surface area (Å²) in [5.41, 5.74) is 11.9. The quantitative estimate of drug-likeness (QED) is 0.173. The van der Waals surface area contributed by atoms with E-state index in [1.807, 2.05) is 55.6 Å². The van der Waals surface area contributed by atoms with Crippen LogP contribution in [-0.2, 0) is 30.9 Å². The van der Waals surface area contributed by atoms with Gasteiger partial charge in [0.15, 0.2) is 0 Å². The number of benzene rings is 3. The summed E-state index contributed by atoms with van der Waals surface area (Å²) in [4.78, 5) is 8.96. The van der Waals surface area contributed by atoms with Crippen LogP contribution in [-0.4, -0.2) is 9.97 Å². The minimum absolute atomic E-state index is 0. The van der Waals surface area contributed by atoms with Gasteiger partial charge >= 0.3 is 0 Å². The maximum Gasteiger partial charge on any atom is 0.0268 e. The Hall–Kier alpha value is -3.39. The first kappa shape index (κ1) is 28.6. The molecule has 0 bridgehead atoms. The molecule has 0 saturated carbocycles. The van der Waals surface area contributed by atoms with Crippen molar-refractivity contribution in [2.24, 2.45) is 0 Å². The second-order valence-corrected chi connectivity index (χ2v) is 11.1. The van der Waals surface area contributed by atoms with Crippen molar-refractivity contribution in [1.29, 1.82) is 0 Å². The van der Waals surface area contributed by atoms with Gasteiger partial charge in [-0.25, -0.2) is 0 Å². The van der Waals surface area contributed by atoms with Gasteiger partial charge in [0.2, 0.25) is 0 Å².